The number of fused-ring (bicyclic) bond motifs is 1. The number of amides is 1. The van der Waals surface area contributed by atoms with Crippen molar-refractivity contribution < 1.29 is 4.79 Å². The number of carbonyl (C=O) groups excluding carboxylic acids is 1. The lowest BCUT2D eigenvalue weighted by molar-refractivity contribution is -0.118. The summed E-state index contributed by atoms with van der Waals surface area (Å²) in [5, 5.41) is 2.58. The van der Waals surface area contributed by atoms with Crippen molar-refractivity contribution in [3.8, 4) is 11.1 Å². The van der Waals surface area contributed by atoms with Crippen LogP contribution in [0.1, 0.15) is 25.6 Å². The van der Waals surface area contributed by atoms with Crippen molar-refractivity contribution in [3.05, 3.63) is 50.3 Å². The Labute approximate surface area is 157 Å². The number of halogens is 1. The van der Waals surface area contributed by atoms with E-state index < -0.39 is 5.91 Å². The Hall–Kier alpha value is -1.99. The van der Waals surface area contributed by atoms with Crippen LogP contribution in [0.4, 0.5) is 0 Å². The van der Waals surface area contributed by atoms with Crippen LogP contribution in [0.15, 0.2) is 38.9 Å². The number of nitrogens with two attached hydrogens (primary N) is 1. The summed E-state index contributed by atoms with van der Waals surface area (Å²) in [5.74, 6) is 0.290. The monoisotopic (exact) mass is 419 g/mol. The molecule has 25 heavy (non-hydrogen) atoms. The molecule has 0 aliphatic carbocycles. The van der Waals surface area contributed by atoms with Crippen molar-refractivity contribution in [2.75, 3.05) is 0 Å². The highest BCUT2D eigenvalue weighted by Crippen LogP contribution is 2.31. The van der Waals surface area contributed by atoms with Gasteiger partial charge in [-0.2, -0.15) is 0 Å². The number of benzene rings is 1. The molecule has 1 aromatic carbocycles. The number of rotatable bonds is 6. The zero-order valence-electron chi connectivity index (χ0n) is 13.8. The zero-order valence-corrected chi connectivity index (χ0v) is 16.2. The van der Waals surface area contributed by atoms with Crippen molar-refractivity contribution in [1.82, 2.24) is 9.55 Å². The second-order valence-electron chi connectivity index (χ2n) is 5.79. The highest BCUT2D eigenvalue weighted by Gasteiger charge is 2.17. The first-order valence-corrected chi connectivity index (χ1v) is 9.73. The van der Waals surface area contributed by atoms with Gasteiger partial charge in [0.1, 0.15) is 10.7 Å². The summed E-state index contributed by atoms with van der Waals surface area (Å²) < 4.78 is 2.59. The molecule has 130 valence electrons. The molecular weight excluding hydrogens is 402 g/mol. The molecule has 0 unspecified atom stereocenters. The fourth-order valence-corrected chi connectivity index (χ4v) is 4.00. The van der Waals surface area contributed by atoms with E-state index in [1.807, 2.05) is 36.6 Å². The minimum atomic E-state index is -0.423. The molecule has 7 heteroatoms. The maximum absolute atomic E-state index is 13.1. The maximum atomic E-state index is 13.1. The van der Waals surface area contributed by atoms with Gasteiger partial charge in [-0.25, -0.2) is 4.98 Å². The summed E-state index contributed by atoms with van der Waals surface area (Å²) in [4.78, 5) is 29.7. The van der Waals surface area contributed by atoms with Crippen LogP contribution in [0.2, 0.25) is 0 Å². The van der Waals surface area contributed by atoms with Gasteiger partial charge >= 0.3 is 0 Å². The molecule has 2 heterocycles. The van der Waals surface area contributed by atoms with E-state index in [4.69, 9.17) is 5.73 Å². The third-order valence-corrected chi connectivity index (χ3v) is 5.38. The minimum absolute atomic E-state index is 0.103. The average molecular weight is 420 g/mol. The largest absolute Gasteiger partial charge is 0.370 e. The second kappa shape index (κ2) is 7.49. The molecule has 3 aromatic rings. The van der Waals surface area contributed by atoms with Crippen LogP contribution >= 0.6 is 27.3 Å². The molecule has 2 aromatic heterocycles. The van der Waals surface area contributed by atoms with E-state index in [1.54, 1.807) is 4.57 Å². The van der Waals surface area contributed by atoms with Crippen molar-refractivity contribution in [3.63, 3.8) is 0 Å². The smallest absolute Gasteiger partial charge is 0.262 e. The number of nitrogens with zero attached hydrogens (tertiary/aromatic N) is 2. The van der Waals surface area contributed by atoms with Gasteiger partial charge in [0.15, 0.2) is 0 Å². The summed E-state index contributed by atoms with van der Waals surface area (Å²) in [7, 11) is 0. The predicted molar refractivity (Wildman–Crippen MR) is 105 cm³/mol. The lowest BCUT2D eigenvalue weighted by Gasteiger charge is -2.11. The number of aryl methyl sites for hydroxylation is 1. The van der Waals surface area contributed by atoms with E-state index in [0.717, 1.165) is 26.9 Å². The van der Waals surface area contributed by atoms with Gasteiger partial charge in [0.25, 0.3) is 5.56 Å². The Morgan fingerprint density at radius 1 is 1.32 bits per heavy atom. The Kier molecular flexibility index (Phi) is 5.34. The van der Waals surface area contributed by atoms with Gasteiger partial charge in [-0.05, 0) is 24.1 Å². The van der Waals surface area contributed by atoms with Gasteiger partial charge in [0.2, 0.25) is 5.91 Å². The Balaban J connectivity index is 2.19. The van der Waals surface area contributed by atoms with Crippen molar-refractivity contribution in [1.29, 1.82) is 0 Å². The van der Waals surface area contributed by atoms with Gasteiger partial charge in [-0.3, -0.25) is 14.2 Å². The normalized spacial score (nSPS) is 11.1. The third-order valence-electron chi connectivity index (χ3n) is 3.98. The van der Waals surface area contributed by atoms with E-state index in [9.17, 15) is 9.59 Å². The summed E-state index contributed by atoms with van der Waals surface area (Å²) in [6.07, 6.45) is 1.69. The molecule has 0 bridgehead atoms. The van der Waals surface area contributed by atoms with Crippen LogP contribution in [-0.2, 0) is 17.8 Å². The quantitative estimate of drug-likeness (QED) is 0.660. The number of aromatic nitrogens is 2. The molecule has 0 spiro atoms. The number of hydrogen-bond donors (Lipinski definition) is 1. The average Bonchev–Trinajstić information content (AvgIpc) is 2.99. The van der Waals surface area contributed by atoms with E-state index in [1.165, 1.54) is 11.3 Å². The second-order valence-corrected chi connectivity index (χ2v) is 7.56. The van der Waals surface area contributed by atoms with E-state index in [0.29, 0.717) is 17.6 Å². The number of primary amides is 1. The first kappa shape index (κ1) is 17.8. The molecule has 0 radical (unpaired) electrons. The standard InChI is InChI=1S/C18H18BrN3O2S/c1-2-3-15-21-17-16(18(24)22(15)9-8-14(20)23)13(10-25-17)11-4-6-12(19)7-5-11/h4-7,10H,2-3,8-9H2,1H3,(H2,20,23). The number of carbonyl (C=O) groups is 1. The first-order valence-electron chi connectivity index (χ1n) is 8.06. The van der Waals surface area contributed by atoms with E-state index in [-0.39, 0.29) is 18.5 Å². The highest BCUT2D eigenvalue weighted by atomic mass is 79.9. The molecule has 1 amide bonds. The van der Waals surface area contributed by atoms with Crippen LogP contribution in [0.3, 0.4) is 0 Å². The molecule has 3 rings (SSSR count). The van der Waals surface area contributed by atoms with Crippen molar-refractivity contribution in [2.45, 2.75) is 32.7 Å². The molecule has 0 saturated carbocycles. The Morgan fingerprint density at radius 3 is 2.68 bits per heavy atom. The Bertz CT molecular complexity index is 976. The molecule has 0 fully saturated rings. The van der Waals surface area contributed by atoms with Crippen molar-refractivity contribution >= 4 is 43.4 Å². The summed E-state index contributed by atoms with van der Waals surface area (Å²) >= 11 is 4.90. The minimum Gasteiger partial charge on any atom is -0.370 e. The number of hydrogen-bond acceptors (Lipinski definition) is 4. The first-order chi connectivity index (χ1) is 12.0. The molecule has 0 aliphatic rings. The predicted octanol–water partition coefficient (Wildman–Crippen LogP) is 3.72. The van der Waals surface area contributed by atoms with Gasteiger partial charge in [-0.1, -0.05) is 35.0 Å². The van der Waals surface area contributed by atoms with Crippen LogP contribution < -0.4 is 11.3 Å². The van der Waals surface area contributed by atoms with Gasteiger partial charge in [0.05, 0.1) is 5.39 Å². The van der Waals surface area contributed by atoms with Crippen LogP contribution in [-0.4, -0.2) is 15.5 Å². The SMILES string of the molecule is CCCc1nc2scc(-c3ccc(Br)cc3)c2c(=O)n1CCC(N)=O. The third kappa shape index (κ3) is 3.67. The number of thiophene rings is 1. The maximum Gasteiger partial charge on any atom is 0.262 e. The molecule has 5 nitrogen and oxygen atoms in total. The lowest BCUT2D eigenvalue weighted by Crippen LogP contribution is -2.27. The summed E-state index contributed by atoms with van der Waals surface area (Å²) in [5.41, 5.74) is 7.01. The fraction of sp³-hybridized carbons (Fsp3) is 0.278. The van der Waals surface area contributed by atoms with Crippen molar-refractivity contribution in [2.24, 2.45) is 5.73 Å². The topological polar surface area (TPSA) is 78.0 Å². The molecule has 0 atom stereocenters. The van der Waals surface area contributed by atoms with Crippen LogP contribution in [0.5, 0.6) is 0 Å². The van der Waals surface area contributed by atoms with Gasteiger partial charge < -0.3 is 5.73 Å². The van der Waals surface area contributed by atoms with E-state index >= 15 is 0 Å². The van der Waals surface area contributed by atoms with Crippen LogP contribution in [0, 0.1) is 0 Å². The van der Waals surface area contributed by atoms with Gasteiger partial charge in [0, 0.05) is 34.8 Å². The molecule has 0 saturated heterocycles. The molecule has 0 aliphatic heterocycles. The fourth-order valence-electron chi connectivity index (χ4n) is 2.78. The summed E-state index contributed by atoms with van der Waals surface area (Å²) in [6.45, 7) is 2.30. The summed E-state index contributed by atoms with van der Waals surface area (Å²) in [6, 6.07) is 7.84. The Morgan fingerprint density at radius 2 is 2.04 bits per heavy atom. The molecule has 2 N–H and O–H groups in total. The van der Waals surface area contributed by atoms with Gasteiger partial charge in [-0.15, -0.1) is 11.3 Å². The van der Waals surface area contributed by atoms with E-state index in [2.05, 4.69) is 20.9 Å². The highest BCUT2D eigenvalue weighted by molar-refractivity contribution is 9.10. The molecular formula is C18H18BrN3O2S. The van der Waals surface area contributed by atoms with Crippen LogP contribution in [0.25, 0.3) is 21.3 Å². The zero-order chi connectivity index (χ0) is 18.0. The lowest BCUT2D eigenvalue weighted by atomic mass is 10.1.